The molecule has 0 spiro atoms. The van der Waals surface area contributed by atoms with E-state index in [9.17, 15) is 9.32 Å². The lowest BCUT2D eigenvalue weighted by atomic mass is 10.4. The number of hydrogen-bond acceptors (Lipinski definition) is 3. The number of rotatable bonds is 5. The van der Waals surface area contributed by atoms with Gasteiger partial charge in [-0.25, -0.2) is 0 Å². The van der Waals surface area contributed by atoms with Crippen molar-refractivity contribution < 1.29 is 9.32 Å². The van der Waals surface area contributed by atoms with Gasteiger partial charge in [-0.2, -0.15) is 0 Å². The van der Waals surface area contributed by atoms with Crippen molar-refractivity contribution in [2.75, 3.05) is 19.3 Å². The summed E-state index contributed by atoms with van der Waals surface area (Å²) in [5.41, 5.74) is 0. The van der Waals surface area contributed by atoms with E-state index in [0.29, 0.717) is 21.5 Å². The summed E-state index contributed by atoms with van der Waals surface area (Å²) < 4.78 is 11.8. The summed E-state index contributed by atoms with van der Waals surface area (Å²) in [4.78, 5) is 0.574. The molecule has 2 unspecified atom stereocenters. The highest BCUT2D eigenvalue weighted by molar-refractivity contribution is 7.85. The van der Waals surface area contributed by atoms with Crippen LogP contribution in [0.25, 0.3) is 0 Å². The zero-order chi connectivity index (χ0) is 12.1. The maximum Gasteiger partial charge on any atom is 0.0783 e. The Morgan fingerprint density at radius 3 is 2.69 bits per heavy atom. The highest BCUT2D eigenvalue weighted by Crippen LogP contribution is 2.24. The molecule has 2 atom stereocenters. The molecule has 3 nitrogen and oxygen atoms in total. The molecule has 0 aromatic heterocycles. The number of aliphatic hydroxyl groups excluding tert-OH is 1. The van der Waals surface area contributed by atoms with Crippen LogP contribution in [-0.2, 0) is 10.8 Å². The van der Waals surface area contributed by atoms with Gasteiger partial charge in [0.15, 0.2) is 0 Å². The van der Waals surface area contributed by atoms with Crippen molar-refractivity contribution >= 4 is 34.0 Å². The van der Waals surface area contributed by atoms with Crippen LogP contribution in [0.5, 0.6) is 0 Å². The summed E-state index contributed by atoms with van der Waals surface area (Å²) in [6.07, 6.45) is -0.639. The molecule has 1 aromatic carbocycles. The Morgan fingerprint density at radius 2 is 2.12 bits per heavy atom. The Labute approximate surface area is 107 Å². The molecule has 0 saturated heterocycles. The molecule has 6 heteroatoms. The SMILES string of the molecule is CNCC(O)CS(=O)c1ccc(Cl)c(Cl)c1. The fourth-order valence-electron chi connectivity index (χ4n) is 1.18. The van der Waals surface area contributed by atoms with Gasteiger partial charge in [0.2, 0.25) is 0 Å². The third kappa shape index (κ3) is 4.03. The van der Waals surface area contributed by atoms with E-state index in [-0.39, 0.29) is 5.75 Å². The first kappa shape index (κ1) is 13.9. The topological polar surface area (TPSA) is 49.3 Å². The van der Waals surface area contributed by atoms with E-state index in [0.717, 1.165) is 0 Å². The van der Waals surface area contributed by atoms with E-state index in [4.69, 9.17) is 23.2 Å². The molecule has 16 heavy (non-hydrogen) atoms. The second kappa shape index (κ2) is 6.57. The van der Waals surface area contributed by atoms with Crippen molar-refractivity contribution in [3.63, 3.8) is 0 Å². The number of halogens is 2. The van der Waals surface area contributed by atoms with Crippen LogP contribution < -0.4 is 5.32 Å². The highest BCUT2D eigenvalue weighted by atomic mass is 35.5. The van der Waals surface area contributed by atoms with Gasteiger partial charge >= 0.3 is 0 Å². The van der Waals surface area contributed by atoms with Crippen molar-refractivity contribution in [3.8, 4) is 0 Å². The van der Waals surface area contributed by atoms with E-state index in [1.807, 2.05) is 0 Å². The van der Waals surface area contributed by atoms with Crippen LogP contribution in [0, 0.1) is 0 Å². The molecule has 1 rings (SSSR count). The van der Waals surface area contributed by atoms with Gasteiger partial charge in [-0.05, 0) is 25.2 Å². The molecule has 0 aliphatic rings. The molecule has 1 aromatic rings. The fraction of sp³-hybridized carbons (Fsp3) is 0.400. The lowest BCUT2D eigenvalue weighted by molar-refractivity contribution is 0.198. The van der Waals surface area contributed by atoms with Gasteiger partial charge in [0, 0.05) is 11.4 Å². The highest BCUT2D eigenvalue weighted by Gasteiger charge is 2.11. The number of likely N-dealkylation sites (N-methyl/N-ethyl adjacent to an activating group) is 1. The molecule has 0 fully saturated rings. The van der Waals surface area contributed by atoms with Crippen LogP contribution in [0.1, 0.15) is 0 Å². The van der Waals surface area contributed by atoms with Crippen molar-refractivity contribution in [1.29, 1.82) is 0 Å². The van der Waals surface area contributed by atoms with Gasteiger partial charge in [-0.1, -0.05) is 23.2 Å². The first-order chi connectivity index (χ1) is 7.54. The van der Waals surface area contributed by atoms with E-state index >= 15 is 0 Å². The van der Waals surface area contributed by atoms with Gasteiger partial charge in [0.25, 0.3) is 0 Å². The third-order valence-electron chi connectivity index (χ3n) is 1.94. The van der Waals surface area contributed by atoms with Crippen LogP contribution in [0.4, 0.5) is 0 Å². The van der Waals surface area contributed by atoms with Crippen LogP contribution >= 0.6 is 23.2 Å². The number of aliphatic hydroxyl groups is 1. The average molecular weight is 282 g/mol. The smallest absolute Gasteiger partial charge is 0.0783 e. The Balaban J connectivity index is 2.69. The number of nitrogens with one attached hydrogen (secondary N) is 1. The van der Waals surface area contributed by atoms with Gasteiger partial charge in [0.1, 0.15) is 0 Å². The summed E-state index contributed by atoms with van der Waals surface area (Å²) in [5, 5.41) is 13.1. The van der Waals surface area contributed by atoms with Gasteiger partial charge in [-0.3, -0.25) is 4.21 Å². The number of benzene rings is 1. The molecule has 0 radical (unpaired) electrons. The van der Waals surface area contributed by atoms with E-state index in [2.05, 4.69) is 5.32 Å². The Morgan fingerprint density at radius 1 is 1.44 bits per heavy atom. The average Bonchev–Trinajstić information content (AvgIpc) is 2.22. The number of hydrogen-bond donors (Lipinski definition) is 2. The molecule has 0 saturated carbocycles. The maximum absolute atomic E-state index is 11.8. The normalized spacial score (nSPS) is 14.8. The van der Waals surface area contributed by atoms with Crippen molar-refractivity contribution in [1.82, 2.24) is 5.32 Å². The Bertz CT molecular complexity index is 387. The van der Waals surface area contributed by atoms with Gasteiger partial charge in [0.05, 0.1) is 32.7 Å². The Hall–Kier alpha value is -0.130. The van der Waals surface area contributed by atoms with E-state index in [1.165, 1.54) is 0 Å². The lowest BCUT2D eigenvalue weighted by Crippen LogP contribution is -2.28. The third-order valence-corrected chi connectivity index (χ3v) is 4.14. The van der Waals surface area contributed by atoms with Crippen LogP contribution in [-0.4, -0.2) is 34.8 Å². The molecule has 0 aliphatic heterocycles. The van der Waals surface area contributed by atoms with Crippen LogP contribution in [0.2, 0.25) is 10.0 Å². The van der Waals surface area contributed by atoms with E-state index in [1.54, 1.807) is 25.2 Å². The monoisotopic (exact) mass is 281 g/mol. The quantitative estimate of drug-likeness (QED) is 0.864. The maximum atomic E-state index is 11.8. The predicted octanol–water partition coefficient (Wildman–Crippen LogP) is 1.68. The molecule has 0 amide bonds. The standard InChI is InChI=1S/C10H13Cl2NO2S/c1-13-5-7(14)6-16(15)8-2-3-9(11)10(12)4-8/h2-4,7,13-14H,5-6H2,1H3. The molecule has 0 heterocycles. The second-order valence-corrected chi connectivity index (χ2v) is 5.61. The first-order valence-electron chi connectivity index (χ1n) is 4.70. The minimum atomic E-state index is -1.27. The summed E-state index contributed by atoms with van der Waals surface area (Å²) in [6, 6.07) is 4.81. The molecule has 0 aliphatic carbocycles. The lowest BCUT2D eigenvalue weighted by Gasteiger charge is -2.09. The fourth-order valence-corrected chi connectivity index (χ4v) is 2.68. The van der Waals surface area contributed by atoms with Crippen LogP contribution in [0.15, 0.2) is 23.1 Å². The molecular formula is C10H13Cl2NO2S. The Kier molecular flexibility index (Phi) is 5.72. The van der Waals surface area contributed by atoms with Gasteiger partial charge in [-0.15, -0.1) is 0 Å². The minimum absolute atomic E-state index is 0.179. The van der Waals surface area contributed by atoms with Crippen molar-refractivity contribution in [2.24, 2.45) is 0 Å². The first-order valence-corrected chi connectivity index (χ1v) is 6.78. The van der Waals surface area contributed by atoms with Crippen molar-refractivity contribution in [3.05, 3.63) is 28.2 Å². The largest absolute Gasteiger partial charge is 0.391 e. The molecule has 2 N–H and O–H groups in total. The van der Waals surface area contributed by atoms with Crippen LogP contribution in [0.3, 0.4) is 0 Å². The zero-order valence-corrected chi connectivity index (χ0v) is 11.1. The predicted molar refractivity (Wildman–Crippen MR) is 67.7 cm³/mol. The molecule has 0 bridgehead atoms. The van der Waals surface area contributed by atoms with Gasteiger partial charge < -0.3 is 10.4 Å². The van der Waals surface area contributed by atoms with Crippen molar-refractivity contribution in [2.45, 2.75) is 11.0 Å². The minimum Gasteiger partial charge on any atom is -0.391 e. The summed E-state index contributed by atoms with van der Waals surface area (Å²) in [6.45, 7) is 0.410. The molecular weight excluding hydrogens is 269 g/mol. The summed E-state index contributed by atoms with van der Waals surface area (Å²) >= 11 is 11.6. The molecule has 90 valence electrons. The second-order valence-electron chi connectivity index (χ2n) is 3.30. The summed E-state index contributed by atoms with van der Waals surface area (Å²) in [5.74, 6) is 0.179. The summed E-state index contributed by atoms with van der Waals surface area (Å²) in [7, 11) is 0.461. The zero-order valence-electron chi connectivity index (χ0n) is 8.74. The van der Waals surface area contributed by atoms with E-state index < -0.39 is 16.9 Å².